The van der Waals surface area contributed by atoms with E-state index < -0.39 is 5.41 Å². The summed E-state index contributed by atoms with van der Waals surface area (Å²) in [4.78, 5) is 12.5. The number of amides is 1. The maximum atomic E-state index is 12.2. The first kappa shape index (κ1) is 14.4. The number of carbonyl (C=O) groups excluding carboxylic acids is 1. The molecular weight excluding hydrogens is 236 g/mol. The van der Waals surface area contributed by atoms with Gasteiger partial charge in [-0.25, -0.2) is 0 Å². The highest BCUT2D eigenvalue weighted by atomic mass is 32.1. The molecule has 1 aliphatic carbocycles. The van der Waals surface area contributed by atoms with Gasteiger partial charge in [0.1, 0.15) is 0 Å². The molecule has 1 amide bonds. The van der Waals surface area contributed by atoms with Crippen molar-refractivity contribution in [3.05, 3.63) is 0 Å². The SMILES string of the molecule is CCC(CC)(C(=O)NC1CC(OC)C1)C(N)=S. The molecule has 1 fully saturated rings. The second-order valence-electron chi connectivity index (χ2n) is 4.65. The van der Waals surface area contributed by atoms with E-state index in [1.165, 1.54) is 0 Å². The summed E-state index contributed by atoms with van der Waals surface area (Å²) in [6.07, 6.45) is 3.32. The third kappa shape index (κ3) is 2.77. The molecule has 1 aliphatic rings. The highest BCUT2D eigenvalue weighted by molar-refractivity contribution is 7.80. The van der Waals surface area contributed by atoms with Gasteiger partial charge in [0.25, 0.3) is 0 Å². The van der Waals surface area contributed by atoms with Crippen molar-refractivity contribution in [1.29, 1.82) is 0 Å². The van der Waals surface area contributed by atoms with E-state index in [4.69, 9.17) is 22.7 Å². The molecular formula is C12H22N2O2S. The second kappa shape index (κ2) is 5.78. The summed E-state index contributed by atoms with van der Waals surface area (Å²) in [7, 11) is 1.69. The number of ether oxygens (including phenoxy) is 1. The molecule has 4 nitrogen and oxygen atoms in total. The molecule has 0 saturated heterocycles. The summed E-state index contributed by atoms with van der Waals surface area (Å²) < 4.78 is 5.18. The average molecular weight is 258 g/mol. The standard InChI is InChI=1S/C12H22N2O2S/c1-4-12(5-2,10(13)17)11(15)14-8-6-9(7-8)16-3/h8-9H,4-7H2,1-3H3,(H2,13,17)(H,14,15). The average Bonchev–Trinajstić information content (AvgIpc) is 2.24. The third-order valence-corrected chi connectivity index (χ3v) is 4.27. The zero-order valence-electron chi connectivity index (χ0n) is 10.8. The van der Waals surface area contributed by atoms with Crippen LogP contribution in [0.5, 0.6) is 0 Å². The highest BCUT2D eigenvalue weighted by Gasteiger charge is 2.40. The van der Waals surface area contributed by atoms with Gasteiger partial charge in [-0.05, 0) is 25.7 Å². The topological polar surface area (TPSA) is 64.3 Å². The van der Waals surface area contributed by atoms with Crippen LogP contribution in [0.3, 0.4) is 0 Å². The van der Waals surface area contributed by atoms with E-state index in [1.807, 2.05) is 13.8 Å². The van der Waals surface area contributed by atoms with Gasteiger partial charge in [0.15, 0.2) is 0 Å². The van der Waals surface area contributed by atoms with Crippen LogP contribution < -0.4 is 11.1 Å². The second-order valence-corrected chi connectivity index (χ2v) is 5.09. The van der Waals surface area contributed by atoms with Gasteiger partial charge in [0.2, 0.25) is 5.91 Å². The Morgan fingerprint density at radius 2 is 2.00 bits per heavy atom. The maximum absolute atomic E-state index is 12.2. The molecule has 0 unspecified atom stereocenters. The maximum Gasteiger partial charge on any atom is 0.233 e. The van der Waals surface area contributed by atoms with Crippen LogP contribution in [-0.2, 0) is 9.53 Å². The van der Waals surface area contributed by atoms with Crippen molar-refractivity contribution in [2.24, 2.45) is 11.1 Å². The van der Waals surface area contributed by atoms with Crippen molar-refractivity contribution in [2.75, 3.05) is 7.11 Å². The summed E-state index contributed by atoms with van der Waals surface area (Å²) in [5, 5.41) is 3.02. The fourth-order valence-corrected chi connectivity index (χ4v) is 2.61. The van der Waals surface area contributed by atoms with Gasteiger partial charge in [-0.1, -0.05) is 26.1 Å². The Morgan fingerprint density at radius 3 is 2.35 bits per heavy atom. The van der Waals surface area contributed by atoms with Crippen molar-refractivity contribution in [3.63, 3.8) is 0 Å². The minimum absolute atomic E-state index is 0.0328. The molecule has 98 valence electrons. The van der Waals surface area contributed by atoms with Gasteiger partial charge in [-0.3, -0.25) is 4.79 Å². The lowest BCUT2D eigenvalue weighted by atomic mass is 9.80. The summed E-state index contributed by atoms with van der Waals surface area (Å²) in [6, 6.07) is 0.208. The monoisotopic (exact) mass is 258 g/mol. The summed E-state index contributed by atoms with van der Waals surface area (Å²) in [5.41, 5.74) is 5.04. The Bertz CT molecular complexity index is 297. The van der Waals surface area contributed by atoms with Crippen LogP contribution in [-0.4, -0.2) is 30.2 Å². The molecule has 0 aromatic heterocycles. The van der Waals surface area contributed by atoms with Crippen molar-refractivity contribution < 1.29 is 9.53 Å². The summed E-state index contributed by atoms with van der Waals surface area (Å²) in [6.45, 7) is 3.89. The van der Waals surface area contributed by atoms with Crippen molar-refractivity contribution >= 4 is 23.1 Å². The number of methoxy groups -OCH3 is 1. The Balaban J connectivity index is 2.58. The zero-order valence-corrected chi connectivity index (χ0v) is 11.6. The van der Waals surface area contributed by atoms with Crippen LogP contribution in [0, 0.1) is 5.41 Å². The van der Waals surface area contributed by atoms with Crippen molar-refractivity contribution in [2.45, 2.75) is 51.7 Å². The number of thiocarbonyl (C=S) groups is 1. The van der Waals surface area contributed by atoms with Crippen LogP contribution in [0.1, 0.15) is 39.5 Å². The van der Waals surface area contributed by atoms with Crippen molar-refractivity contribution in [3.8, 4) is 0 Å². The molecule has 0 atom stereocenters. The molecule has 3 N–H and O–H groups in total. The van der Waals surface area contributed by atoms with Gasteiger partial charge < -0.3 is 15.8 Å². The van der Waals surface area contributed by atoms with Gasteiger partial charge in [-0.2, -0.15) is 0 Å². The number of nitrogens with one attached hydrogen (secondary N) is 1. The quantitative estimate of drug-likeness (QED) is 0.706. The molecule has 17 heavy (non-hydrogen) atoms. The van der Waals surface area contributed by atoms with E-state index in [1.54, 1.807) is 7.11 Å². The summed E-state index contributed by atoms with van der Waals surface area (Å²) in [5.74, 6) is -0.0328. The zero-order chi connectivity index (χ0) is 13.1. The predicted molar refractivity (Wildman–Crippen MR) is 71.8 cm³/mol. The van der Waals surface area contributed by atoms with E-state index in [0.29, 0.717) is 17.8 Å². The number of carbonyl (C=O) groups is 1. The van der Waals surface area contributed by atoms with Crippen LogP contribution in [0.2, 0.25) is 0 Å². The molecule has 0 heterocycles. The Hall–Kier alpha value is -0.680. The largest absolute Gasteiger partial charge is 0.392 e. The lowest BCUT2D eigenvalue weighted by Crippen LogP contribution is -2.55. The smallest absolute Gasteiger partial charge is 0.233 e. The van der Waals surface area contributed by atoms with E-state index >= 15 is 0 Å². The predicted octanol–water partition coefficient (Wildman–Crippen LogP) is 1.37. The minimum Gasteiger partial charge on any atom is -0.392 e. The van der Waals surface area contributed by atoms with Gasteiger partial charge in [0, 0.05) is 13.2 Å². The molecule has 5 heteroatoms. The van der Waals surface area contributed by atoms with Gasteiger partial charge in [0.05, 0.1) is 16.5 Å². The Morgan fingerprint density at radius 1 is 1.47 bits per heavy atom. The molecule has 0 radical (unpaired) electrons. The Kier molecular flexibility index (Phi) is 4.89. The fraction of sp³-hybridized carbons (Fsp3) is 0.833. The lowest BCUT2D eigenvalue weighted by Gasteiger charge is -2.38. The van der Waals surface area contributed by atoms with Crippen LogP contribution in [0.15, 0.2) is 0 Å². The van der Waals surface area contributed by atoms with E-state index in [2.05, 4.69) is 5.32 Å². The third-order valence-electron chi connectivity index (χ3n) is 3.88. The van der Waals surface area contributed by atoms with Gasteiger partial charge >= 0.3 is 0 Å². The molecule has 0 spiro atoms. The normalized spacial score (nSPS) is 23.9. The van der Waals surface area contributed by atoms with E-state index in [-0.39, 0.29) is 18.1 Å². The minimum atomic E-state index is -0.687. The first-order valence-corrected chi connectivity index (χ1v) is 6.54. The number of hydrogen-bond donors (Lipinski definition) is 2. The van der Waals surface area contributed by atoms with Crippen LogP contribution in [0.25, 0.3) is 0 Å². The molecule has 0 bridgehead atoms. The first-order chi connectivity index (χ1) is 8.00. The number of hydrogen-bond acceptors (Lipinski definition) is 3. The molecule has 0 aromatic rings. The highest BCUT2D eigenvalue weighted by Crippen LogP contribution is 2.29. The van der Waals surface area contributed by atoms with E-state index in [0.717, 1.165) is 12.8 Å². The van der Waals surface area contributed by atoms with Crippen molar-refractivity contribution in [1.82, 2.24) is 5.32 Å². The molecule has 1 rings (SSSR count). The van der Waals surface area contributed by atoms with Crippen LogP contribution in [0.4, 0.5) is 0 Å². The molecule has 0 aliphatic heterocycles. The Labute approximate surface area is 108 Å². The number of rotatable bonds is 6. The fourth-order valence-electron chi connectivity index (χ4n) is 2.23. The van der Waals surface area contributed by atoms with E-state index in [9.17, 15) is 4.79 Å². The van der Waals surface area contributed by atoms with Gasteiger partial charge in [-0.15, -0.1) is 0 Å². The molecule has 1 saturated carbocycles. The first-order valence-electron chi connectivity index (χ1n) is 6.13. The lowest BCUT2D eigenvalue weighted by molar-refractivity contribution is -0.130. The molecule has 0 aromatic carbocycles. The van der Waals surface area contributed by atoms with Crippen LogP contribution >= 0.6 is 12.2 Å². The number of nitrogens with two attached hydrogens (primary N) is 1. The summed E-state index contributed by atoms with van der Waals surface area (Å²) >= 11 is 5.05.